The number of carboxylic acids is 1. The molecule has 0 unspecified atom stereocenters. The van der Waals surface area contributed by atoms with Crippen LogP contribution >= 0.6 is 0 Å². The molecular formula is C21H14N2O4. The Labute approximate surface area is 155 Å². The molecule has 0 aliphatic rings. The molecule has 132 valence electrons. The van der Waals surface area contributed by atoms with Crippen LogP contribution in [-0.4, -0.2) is 17.0 Å². The molecule has 3 aromatic rings. The average Bonchev–Trinajstić information content (AvgIpc) is 2.69. The Morgan fingerprint density at radius 3 is 2.07 bits per heavy atom. The molecule has 0 spiro atoms. The third-order valence-corrected chi connectivity index (χ3v) is 3.74. The average molecular weight is 358 g/mol. The van der Waals surface area contributed by atoms with Crippen molar-refractivity contribution in [3.8, 4) is 17.6 Å². The van der Waals surface area contributed by atoms with Gasteiger partial charge in [-0.15, -0.1) is 0 Å². The Kier molecular flexibility index (Phi) is 5.15. The third-order valence-electron chi connectivity index (χ3n) is 3.74. The van der Waals surface area contributed by atoms with Crippen molar-refractivity contribution in [2.75, 3.05) is 5.32 Å². The summed E-state index contributed by atoms with van der Waals surface area (Å²) in [6, 6.07) is 21.3. The van der Waals surface area contributed by atoms with E-state index in [1.54, 1.807) is 60.7 Å². The van der Waals surface area contributed by atoms with Gasteiger partial charge in [0.15, 0.2) is 0 Å². The van der Waals surface area contributed by atoms with Crippen molar-refractivity contribution in [1.29, 1.82) is 5.26 Å². The first-order valence-corrected chi connectivity index (χ1v) is 7.98. The fraction of sp³-hybridized carbons (Fsp3) is 0. The number of aromatic carboxylic acids is 1. The molecule has 27 heavy (non-hydrogen) atoms. The molecule has 0 heterocycles. The molecule has 3 aromatic carbocycles. The van der Waals surface area contributed by atoms with Crippen LogP contribution in [0.4, 0.5) is 5.69 Å². The molecule has 3 rings (SSSR count). The standard InChI is InChI=1S/C21H14N2O4/c22-13-14-5-9-16(10-6-14)27-17-11-7-15(8-12-17)20(24)23-19-4-2-1-3-18(19)21(25)26/h1-12H,(H,23,24)(H,25,26). The Hall–Kier alpha value is -4.11. The highest BCUT2D eigenvalue weighted by Crippen LogP contribution is 2.23. The number of anilines is 1. The minimum Gasteiger partial charge on any atom is -0.478 e. The lowest BCUT2D eigenvalue weighted by molar-refractivity contribution is 0.0698. The summed E-state index contributed by atoms with van der Waals surface area (Å²) in [5, 5.41) is 20.6. The molecule has 0 saturated carbocycles. The van der Waals surface area contributed by atoms with Crippen LogP contribution in [0.25, 0.3) is 0 Å². The van der Waals surface area contributed by atoms with Crippen LogP contribution in [-0.2, 0) is 0 Å². The van der Waals surface area contributed by atoms with Crippen LogP contribution in [0, 0.1) is 11.3 Å². The van der Waals surface area contributed by atoms with Gasteiger partial charge in [-0.2, -0.15) is 5.26 Å². The van der Waals surface area contributed by atoms with Gasteiger partial charge < -0.3 is 15.2 Å². The molecular weight excluding hydrogens is 344 g/mol. The lowest BCUT2D eigenvalue weighted by Crippen LogP contribution is -2.14. The number of carbonyl (C=O) groups is 2. The van der Waals surface area contributed by atoms with E-state index in [1.165, 1.54) is 12.1 Å². The zero-order chi connectivity index (χ0) is 19.2. The van der Waals surface area contributed by atoms with Gasteiger partial charge in [0, 0.05) is 5.56 Å². The number of ether oxygens (including phenoxy) is 1. The van der Waals surface area contributed by atoms with Crippen molar-refractivity contribution in [2.45, 2.75) is 0 Å². The Morgan fingerprint density at radius 1 is 0.889 bits per heavy atom. The number of rotatable bonds is 5. The number of hydrogen-bond donors (Lipinski definition) is 2. The molecule has 0 fully saturated rings. The van der Waals surface area contributed by atoms with E-state index in [-0.39, 0.29) is 11.3 Å². The van der Waals surface area contributed by atoms with Gasteiger partial charge in [-0.3, -0.25) is 4.79 Å². The van der Waals surface area contributed by atoms with Crippen LogP contribution in [0.5, 0.6) is 11.5 Å². The van der Waals surface area contributed by atoms with E-state index in [2.05, 4.69) is 5.32 Å². The SMILES string of the molecule is N#Cc1ccc(Oc2ccc(C(=O)Nc3ccccc3C(=O)O)cc2)cc1. The van der Waals surface area contributed by atoms with Gasteiger partial charge in [0.1, 0.15) is 11.5 Å². The van der Waals surface area contributed by atoms with Gasteiger partial charge in [0.25, 0.3) is 5.91 Å². The van der Waals surface area contributed by atoms with E-state index < -0.39 is 11.9 Å². The van der Waals surface area contributed by atoms with Gasteiger partial charge in [-0.1, -0.05) is 12.1 Å². The number of para-hydroxylation sites is 1. The van der Waals surface area contributed by atoms with Crippen molar-refractivity contribution >= 4 is 17.6 Å². The smallest absolute Gasteiger partial charge is 0.337 e. The summed E-state index contributed by atoms with van der Waals surface area (Å²) in [5.74, 6) is -0.436. The summed E-state index contributed by atoms with van der Waals surface area (Å²) >= 11 is 0. The van der Waals surface area contributed by atoms with Crippen LogP contribution in [0.2, 0.25) is 0 Å². The second-order valence-corrected chi connectivity index (χ2v) is 5.57. The summed E-state index contributed by atoms with van der Waals surface area (Å²) in [6.07, 6.45) is 0. The number of amides is 1. The van der Waals surface area contributed by atoms with E-state index in [1.807, 2.05) is 6.07 Å². The fourth-order valence-corrected chi connectivity index (χ4v) is 2.38. The number of hydrogen-bond acceptors (Lipinski definition) is 4. The molecule has 0 saturated heterocycles. The largest absolute Gasteiger partial charge is 0.478 e. The predicted molar refractivity (Wildman–Crippen MR) is 99.0 cm³/mol. The maximum Gasteiger partial charge on any atom is 0.337 e. The van der Waals surface area contributed by atoms with E-state index in [0.717, 1.165) is 0 Å². The highest BCUT2D eigenvalue weighted by atomic mass is 16.5. The summed E-state index contributed by atoms with van der Waals surface area (Å²) in [5.41, 5.74) is 1.15. The number of carbonyl (C=O) groups excluding carboxylic acids is 1. The second kappa shape index (κ2) is 7.85. The van der Waals surface area contributed by atoms with E-state index in [4.69, 9.17) is 10.00 Å². The Bertz CT molecular complexity index is 1020. The molecule has 0 aliphatic heterocycles. The first-order chi connectivity index (χ1) is 13.1. The minimum atomic E-state index is -1.11. The van der Waals surface area contributed by atoms with Crippen LogP contribution in [0.3, 0.4) is 0 Å². The number of carboxylic acid groups (broad SMARTS) is 1. The molecule has 0 atom stereocenters. The van der Waals surface area contributed by atoms with Crippen LogP contribution in [0.15, 0.2) is 72.8 Å². The Balaban J connectivity index is 1.70. The van der Waals surface area contributed by atoms with Crippen molar-refractivity contribution in [3.63, 3.8) is 0 Å². The molecule has 6 nitrogen and oxygen atoms in total. The fourth-order valence-electron chi connectivity index (χ4n) is 2.38. The third kappa shape index (κ3) is 4.30. The van der Waals surface area contributed by atoms with Crippen molar-refractivity contribution in [1.82, 2.24) is 0 Å². The lowest BCUT2D eigenvalue weighted by atomic mass is 10.1. The summed E-state index contributed by atoms with van der Waals surface area (Å²) in [7, 11) is 0. The zero-order valence-electron chi connectivity index (χ0n) is 14.0. The maximum atomic E-state index is 12.4. The molecule has 1 amide bonds. The quantitative estimate of drug-likeness (QED) is 0.708. The van der Waals surface area contributed by atoms with Crippen LogP contribution < -0.4 is 10.1 Å². The first kappa shape index (κ1) is 17.7. The number of nitriles is 1. The molecule has 0 aliphatic carbocycles. The van der Waals surface area contributed by atoms with Gasteiger partial charge >= 0.3 is 5.97 Å². The number of benzene rings is 3. The second-order valence-electron chi connectivity index (χ2n) is 5.57. The molecule has 0 aromatic heterocycles. The summed E-state index contributed by atoms with van der Waals surface area (Å²) in [6.45, 7) is 0. The first-order valence-electron chi connectivity index (χ1n) is 7.98. The zero-order valence-corrected chi connectivity index (χ0v) is 14.0. The summed E-state index contributed by atoms with van der Waals surface area (Å²) in [4.78, 5) is 23.6. The highest BCUT2D eigenvalue weighted by Gasteiger charge is 2.13. The summed E-state index contributed by atoms with van der Waals surface area (Å²) < 4.78 is 5.66. The maximum absolute atomic E-state index is 12.4. The predicted octanol–water partition coefficient (Wildman–Crippen LogP) is 4.30. The monoisotopic (exact) mass is 358 g/mol. The molecule has 0 bridgehead atoms. The van der Waals surface area contributed by atoms with E-state index in [0.29, 0.717) is 22.6 Å². The van der Waals surface area contributed by atoms with Crippen molar-refractivity contribution in [3.05, 3.63) is 89.5 Å². The van der Waals surface area contributed by atoms with E-state index in [9.17, 15) is 14.7 Å². The van der Waals surface area contributed by atoms with Gasteiger partial charge in [-0.05, 0) is 60.7 Å². The minimum absolute atomic E-state index is 0.0200. The number of nitrogens with one attached hydrogen (secondary N) is 1. The van der Waals surface area contributed by atoms with Gasteiger partial charge in [-0.25, -0.2) is 4.79 Å². The molecule has 6 heteroatoms. The van der Waals surface area contributed by atoms with Crippen molar-refractivity contribution in [2.24, 2.45) is 0 Å². The topological polar surface area (TPSA) is 99.4 Å². The normalized spacial score (nSPS) is 9.89. The van der Waals surface area contributed by atoms with Gasteiger partial charge in [0.05, 0.1) is 22.9 Å². The van der Waals surface area contributed by atoms with E-state index >= 15 is 0 Å². The van der Waals surface area contributed by atoms with Crippen LogP contribution in [0.1, 0.15) is 26.3 Å². The molecule has 2 N–H and O–H groups in total. The lowest BCUT2D eigenvalue weighted by Gasteiger charge is -2.09. The van der Waals surface area contributed by atoms with Crippen molar-refractivity contribution < 1.29 is 19.4 Å². The molecule has 0 radical (unpaired) electrons. The number of nitrogens with zero attached hydrogens (tertiary/aromatic N) is 1. The highest BCUT2D eigenvalue weighted by molar-refractivity contribution is 6.07. The van der Waals surface area contributed by atoms with Gasteiger partial charge in [0.2, 0.25) is 0 Å². The Morgan fingerprint density at radius 2 is 1.48 bits per heavy atom.